The molecule has 1 aliphatic heterocycles. The first-order chi connectivity index (χ1) is 9.91. The lowest BCUT2D eigenvalue weighted by molar-refractivity contribution is 0.253. The molecule has 3 rings (SSSR count). The van der Waals surface area contributed by atoms with Gasteiger partial charge in [0.05, 0.1) is 5.25 Å². The van der Waals surface area contributed by atoms with E-state index in [4.69, 9.17) is 5.73 Å². The summed E-state index contributed by atoms with van der Waals surface area (Å²) in [5, 5.41) is 0.467. The average Bonchev–Trinajstić information content (AvgIpc) is 3.22. The van der Waals surface area contributed by atoms with Crippen LogP contribution in [0.15, 0.2) is 4.90 Å². The number of hydrogen-bond donors (Lipinski definition) is 1. The topological polar surface area (TPSA) is 79.5 Å². The average molecular weight is 330 g/mol. The van der Waals surface area contributed by atoms with Crippen LogP contribution in [-0.2, 0) is 9.84 Å². The van der Waals surface area contributed by atoms with Crippen LogP contribution in [0.1, 0.15) is 25.7 Å². The predicted molar refractivity (Wildman–Crippen MR) is 85.7 cm³/mol. The molecule has 21 heavy (non-hydrogen) atoms. The van der Waals surface area contributed by atoms with Crippen LogP contribution < -0.4 is 10.6 Å². The zero-order valence-corrected chi connectivity index (χ0v) is 14.1. The lowest BCUT2D eigenvalue weighted by Crippen LogP contribution is -2.42. The molecular formula is C13H22N4O2S2. The van der Waals surface area contributed by atoms with Crippen LogP contribution in [-0.4, -0.2) is 56.2 Å². The number of nitrogens with two attached hydrogens (primary N) is 1. The Labute approximate surface area is 130 Å². The fourth-order valence-electron chi connectivity index (χ4n) is 2.87. The van der Waals surface area contributed by atoms with Gasteiger partial charge in [-0.2, -0.15) is 4.37 Å². The second-order valence-corrected chi connectivity index (χ2v) is 9.01. The Morgan fingerprint density at radius 3 is 2.48 bits per heavy atom. The first-order valence-corrected chi connectivity index (χ1v) is 9.63. The molecule has 0 bridgehead atoms. The van der Waals surface area contributed by atoms with Crippen LogP contribution >= 0.6 is 11.5 Å². The van der Waals surface area contributed by atoms with E-state index in [1.807, 2.05) is 7.05 Å². The summed E-state index contributed by atoms with van der Waals surface area (Å²) >= 11 is 1.21. The maximum Gasteiger partial charge on any atom is 0.187 e. The normalized spacial score (nSPS) is 21.6. The number of likely N-dealkylation sites (tertiary alicyclic amines) is 1. The molecule has 0 amide bonds. The Balaban J connectivity index is 1.89. The highest BCUT2D eigenvalue weighted by atomic mass is 32.2. The molecule has 2 N–H and O–H groups in total. The molecule has 0 radical (unpaired) electrons. The third-order valence-electron chi connectivity index (χ3n) is 4.46. The van der Waals surface area contributed by atoms with Crippen molar-refractivity contribution >= 4 is 32.2 Å². The molecule has 8 heteroatoms. The van der Waals surface area contributed by atoms with Gasteiger partial charge < -0.3 is 15.5 Å². The minimum atomic E-state index is -3.31. The number of piperidine rings is 1. The molecule has 2 fully saturated rings. The van der Waals surface area contributed by atoms with Gasteiger partial charge in [-0.15, -0.1) is 0 Å². The third-order valence-corrected chi connectivity index (χ3v) is 7.86. The standard InChI is InChI=1S/C13H22N4O2S2/c1-16-7-5-9(6-8-16)17(2)13-11(12(14)15-20-13)21(18,19)10-3-4-10/h9-10H,3-8H2,1-2H3,(H2,14,15). The van der Waals surface area contributed by atoms with Gasteiger partial charge in [-0.1, -0.05) is 0 Å². The number of anilines is 2. The molecule has 2 aliphatic rings. The molecule has 1 saturated heterocycles. The van der Waals surface area contributed by atoms with Gasteiger partial charge in [0, 0.05) is 13.1 Å². The van der Waals surface area contributed by atoms with Crippen molar-refractivity contribution in [2.45, 2.75) is 41.9 Å². The van der Waals surface area contributed by atoms with Gasteiger partial charge in [-0.05, 0) is 57.4 Å². The molecule has 0 unspecified atom stereocenters. The Bertz CT molecular complexity index is 616. The summed E-state index contributed by atoms with van der Waals surface area (Å²) in [6.45, 7) is 2.07. The summed E-state index contributed by atoms with van der Waals surface area (Å²) in [4.78, 5) is 4.65. The van der Waals surface area contributed by atoms with Gasteiger partial charge in [0.15, 0.2) is 15.7 Å². The first kappa shape index (κ1) is 15.1. The third kappa shape index (κ3) is 2.76. The summed E-state index contributed by atoms with van der Waals surface area (Å²) in [7, 11) is 0.775. The van der Waals surface area contributed by atoms with Crippen LogP contribution in [0.4, 0.5) is 10.8 Å². The van der Waals surface area contributed by atoms with E-state index in [1.165, 1.54) is 11.5 Å². The van der Waals surface area contributed by atoms with Crippen molar-refractivity contribution in [3.63, 3.8) is 0 Å². The van der Waals surface area contributed by atoms with Gasteiger partial charge >= 0.3 is 0 Å². The highest BCUT2D eigenvalue weighted by Crippen LogP contribution is 2.43. The highest BCUT2D eigenvalue weighted by molar-refractivity contribution is 7.92. The van der Waals surface area contributed by atoms with Crippen LogP contribution in [0.25, 0.3) is 0 Å². The molecule has 118 valence electrons. The van der Waals surface area contributed by atoms with Gasteiger partial charge in [0.2, 0.25) is 0 Å². The van der Waals surface area contributed by atoms with Crippen LogP contribution in [0.2, 0.25) is 0 Å². The highest BCUT2D eigenvalue weighted by Gasteiger charge is 2.42. The van der Waals surface area contributed by atoms with E-state index >= 15 is 0 Å². The molecule has 1 saturated carbocycles. The SMILES string of the molecule is CN1CCC(N(C)c2snc(N)c2S(=O)(=O)C2CC2)CC1. The fraction of sp³-hybridized carbons (Fsp3) is 0.769. The van der Waals surface area contributed by atoms with E-state index in [1.54, 1.807) is 0 Å². The van der Waals surface area contributed by atoms with Crippen molar-refractivity contribution in [1.82, 2.24) is 9.27 Å². The van der Waals surface area contributed by atoms with E-state index in [0.29, 0.717) is 11.0 Å². The van der Waals surface area contributed by atoms with Crippen molar-refractivity contribution in [2.75, 3.05) is 37.8 Å². The monoisotopic (exact) mass is 330 g/mol. The molecule has 1 aromatic heterocycles. The molecule has 0 atom stereocenters. The van der Waals surface area contributed by atoms with Crippen molar-refractivity contribution in [2.24, 2.45) is 0 Å². The second kappa shape index (κ2) is 5.40. The van der Waals surface area contributed by atoms with Crippen LogP contribution in [0, 0.1) is 0 Å². The Hall–Kier alpha value is -0.860. The van der Waals surface area contributed by atoms with Crippen LogP contribution in [0.3, 0.4) is 0 Å². The number of aromatic nitrogens is 1. The van der Waals surface area contributed by atoms with Crippen molar-refractivity contribution in [1.29, 1.82) is 0 Å². The molecular weight excluding hydrogens is 308 g/mol. The van der Waals surface area contributed by atoms with Crippen LogP contribution in [0.5, 0.6) is 0 Å². The van der Waals surface area contributed by atoms with Gasteiger partial charge in [-0.25, -0.2) is 8.42 Å². The fourth-order valence-corrected chi connectivity index (χ4v) is 5.94. The number of rotatable bonds is 4. The zero-order chi connectivity index (χ0) is 15.2. The number of sulfone groups is 1. The van der Waals surface area contributed by atoms with E-state index in [2.05, 4.69) is 21.2 Å². The summed E-state index contributed by atoms with van der Waals surface area (Å²) in [6, 6.07) is 0.356. The van der Waals surface area contributed by atoms with Crippen molar-refractivity contribution in [3.8, 4) is 0 Å². The predicted octanol–water partition coefficient (Wildman–Crippen LogP) is 1.19. The van der Waals surface area contributed by atoms with E-state index in [0.717, 1.165) is 38.8 Å². The van der Waals surface area contributed by atoms with Gasteiger partial charge in [0.1, 0.15) is 9.90 Å². The zero-order valence-electron chi connectivity index (χ0n) is 12.4. The van der Waals surface area contributed by atoms with Gasteiger partial charge in [0.25, 0.3) is 0 Å². The molecule has 1 aliphatic carbocycles. The number of nitrogen functional groups attached to an aromatic ring is 1. The molecule has 0 spiro atoms. The van der Waals surface area contributed by atoms with Gasteiger partial charge in [-0.3, -0.25) is 0 Å². The summed E-state index contributed by atoms with van der Waals surface area (Å²) in [5.74, 6) is 0.168. The lowest BCUT2D eigenvalue weighted by atomic mass is 10.0. The first-order valence-electron chi connectivity index (χ1n) is 7.31. The minimum Gasteiger partial charge on any atom is -0.382 e. The maximum absolute atomic E-state index is 12.6. The van der Waals surface area contributed by atoms with Crippen molar-refractivity contribution < 1.29 is 8.42 Å². The molecule has 0 aromatic carbocycles. The molecule has 1 aromatic rings. The second-order valence-electron chi connectivity index (χ2n) is 6.09. The number of nitrogens with zero attached hydrogens (tertiary/aromatic N) is 3. The smallest absolute Gasteiger partial charge is 0.187 e. The van der Waals surface area contributed by atoms with Crippen molar-refractivity contribution in [3.05, 3.63) is 0 Å². The van der Waals surface area contributed by atoms with E-state index in [9.17, 15) is 8.42 Å². The number of hydrogen-bond acceptors (Lipinski definition) is 7. The molecule has 2 heterocycles. The largest absolute Gasteiger partial charge is 0.382 e. The Morgan fingerprint density at radius 2 is 1.90 bits per heavy atom. The summed E-state index contributed by atoms with van der Waals surface area (Å²) < 4.78 is 29.3. The van der Waals surface area contributed by atoms with E-state index in [-0.39, 0.29) is 16.0 Å². The quantitative estimate of drug-likeness (QED) is 0.893. The molecule has 6 nitrogen and oxygen atoms in total. The Morgan fingerprint density at radius 1 is 1.29 bits per heavy atom. The van der Waals surface area contributed by atoms with E-state index < -0.39 is 9.84 Å². The maximum atomic E-state index is 12.6. The Kier molecular flexibility index (Phi) is 3.87. The lowest BCUT2D eigenvalue weighted by Gasteiger charge is -2.35. The minimum absolute atomic E-state index is 0.168. The summed E-state index contributed by atoms with van der Waals surface area (Å²) in [5.41, 5.74) is 5.87. The summed E-state index contributed by atoms with van der Waals surface area (Å²) in [6.07, 6.45) is 3.56.